The molecule has 0 aliphatic rings. The number of ether oxygens (including phenoxy) is 2. The first-order chi connectivity index (χ1) is 16.5. The maximum atomic E-state index is 12.5. The SMILES string of the molecule is COC(=O)C(Cc1ccccc1)NC(=O)C(N)=CC(=O)c1ccc(OCc2ccccc2)cc1. The van der Waals surface area contributed by atoms with Crippen molar-refractivity contribution >= 4 is 17.7 Å². The van der Waals surface area contributed by atoms with Crippen LogP contribution in [-0.2, 0) is 27.4 Å². The molecule has 1 amide bonds. The van der Waals surface area contributed by atoms with Crippen LogP contribution in [-0.4, -0.2) is 30.8 Å². The van der Waals surface area contributed by atoms with Crippen molar-refractivity contribution in [3.05, 3.63) is 113 Å². The predicted molar refractivity (Wildman–Crippen MR) is 128 cm³/mol. The average molecular weight is 459 g/mol. The Morgan fingerprint density at radius 2 is 1.47 bits per heavy atom. The predicted octanol–water partition coefficient (Wildman–Crippen LogP) is 3.19. The number of hydrogen-bond acceptors (Lipinski definition) is 6. The number of hydrogen-bond donors (Lipinski definition) is 2. The van der Waals surface area contributed by atoms with Crippen molar-refractivity contribution in [2.75, 3.05) is 7.11 Å². The number of ketones is 1. The number of amides is 1. The molecule has 0 heterocycles. The maximum Gasteiger partial charge on any atom is 0.328 e. The highest BCUT2D eigenvalue weighted by Gasteiger charge is 2.23. The first-order valence-electron chi connectivity index (χ1n) is 10.7. The van der Waals surface area contributed by atoms with Gasteiger partial charge in [-0.1, -0.05) is 60.7 Å². The Labute approximate surface area is 198 Å². The summed E-state index contributed by atoms with van der Waals surface area (Å²) in [4.78, 5) is 37.2. The quantitative estimate of drug-likeness (QED) is 0.274. The lowest BCUT2D eigenvalue weighted by Crippen LogP contribution is -2.44. The van der Waals surface area contributed by atoms with E-state index in [1.54, 1.807) is 24.3 Å². The molecule has 34 heavy (non-hydrogen) atoms. The van der Waals surface area contributed by atoms with E-state index in [-0.39, 0.29) is 12.1 Å². The summed E-state index contributed by atoms with van der Waals surface area (Å²) < 4.78 is 10.5. The average Bonchev–Trinajstić information content (AvgIpc) is 2.88. The molecule has 3 aromatic carbocycles. The molecule has 174 valence electrons. The zero-order chi connectivity index (χ0) is 24.3. The van der Waals surface area contributed by atoms with Crippen molar-refractivity contribution < 1.29 is 23.9 Å². The van der Waals surface area contributed by atoms with Crippen LogP contribution in [0.4, 0.5) is 0 Å². The van der Waals surface area contributed by atoms with E-state index in [2.05, 4.69) is 5.32 Å². The van der Waals surface area contributed by atoms with Crippen LogP contribution in [0.1, 0.15) is 21.5 Å². The molecule has 7 heteroatoms. The number of esters is 1. The molecule has 0 spiro atoms. The molecule has 0 saturated heterocycles. The summed E-state index contributed by atoms with van der Waals surface area (Å²) in [5.41, 5.74) is 7.74. The van der Waals surface area contributed by atoms with Gasteiger partial charge in [0.2, 0.25) is 0 Å². The van der Waals surface area contributed by atoms with E-state index in [1.165, 1.54) is 7.11 Å². The van der Waals surface area contributed by atoms with Crippen LogP contribution in [0.2, 0.25) is 0 Å². The van der Waals surface area contributed by atoms with E-state index in [0.29, 0.717) is 17.9 Å². The zero-order valence-electron chi connectivity index (χ0n) is 18.8. The van der Waals surface area contributed by atoms with Gasteiger partial charge in [-0.25, -0.2) is 4.79 Å². The van der Waals surface area contributed by atoms with E-state index in [1.807, 2.05) is 60.7 Å². The van der Waals surface area contributed by atoms with Crippen molar-refractivity contribution in [2.45, 2.75) is 19.1 Å². The molecule has 3 rings (SSSR count). The number of nitrogens with two attached hydrogens (primary N) is 1. The Kier molecular flexibility index (Phi) is 8.57. The minimum atomic E-state index is -0.942. The highest BCUT2D eigenvalue weighted by atomic mass is 16.5. The molecule has 0 aromatic heterocycles. The van der Waals surface area contributed by atoms with Crippen molar-refractivity contribution in [1.82, 2.24) is 5.32 Å². The fourth-order valence-corrected chi connectivity index (χ4v) is 3.17. The van der Waals surface area contributed by atoms with Gasteiger partial charge in [0.15, 0.2) is 5.78 Å². The van der Waals surface area contributed by atoms with Gasteiger partial charge >= 0.3 is 5.97 Å². The standard InChI is InChI=1S/C27H26N2O5/c1-33-27(32)24(16-19-8-4-2-5-9-19)29-26(31)23(28)17-25(30)21-12-14-22(15-13-21)34-18-20-10-6-3-7-11-20/h2-15,17,24H,16,18,28H2,1H3,(H,29,31). The van der Waals surface area contributed by atoms with Crippen LogP contribution in [0.3, 0.4) is 0 Å². The molecule has 0 saturated carbocycles. The first kappa shape index (κ1) is 24.3. The van der Waals surface area contributed by atoms with Crippen LogP contribution in [0.5, 0.6) is 5.75 Å². The van der Waals surface area contributed by atoms with Crippen molar-refractivity contribution in [1.29, 1.82) is 0 Å². The Bertz CT molecular complexity index is 1140. The number of methoxy groups -OCH3 is 1. The van der Waals surface area contributed by atoms with Gasteiger partial charge in [-0.05, 0) is 35.4 Å². The van der Waals surface area contributed by atoms with Gasteiger partial charge < -0.3 is 20.5 Å². The number of rotatable bonds is 10. The van der Waals surface area contributed by atoms with Gasteiger partial charge in [0.05, 0.1) is 7.11 Å². The number of benzene rings is 3. The number of nitrogens with one attached hydrogen (secondary N) is 1. The van der Waals surface area contributed by atoms with Crippen molar-refractivity contribution in [2.24, 2.45) is 5.73 Å². The molecule has 0 radical (unpaired) electrons. The molecule has 0 fully saturated rings. The maximum absolute atomic E-state index is 12.5. The monoisotopic (exact) mass is 458 g/mol. The molecule has 0 bridgehead atoms. The van der Waals surface area contributed by atoms with E-state index in [0.717, 1.165) is 17.2 Å². The van der Waals surface area contributed by atoms with Gasteiger partial charge in [-0.15, -0.1) is 0 Å². The fourth-order valence-electron chi connectivity index (χ4n) is 3.17. The fraction of sp³-hybridized carbons (Fsp3) is 0.148. The van der Waals surface area contributed by atoms with Crippen LogP contribution in [0.15, 0.2) is 96.7 Å². The van der Waals surface area contributed by atoms with Crippen LogP contribution < -0.4 is 15.8 Å². The number of carbonyl (C=O) groups excluding carboxylic acids is 3. The third kappa shape index (κ3) is 7.06. The first-order valence-corrected chi connectivity index (χ1v) is 10.7. The smallest absolute Gasteiger partial charge is 0.328 e. The van der Waals surface area contributed by atoms with E-state index in [4.69, 9.17) is 15.2 Å². The summed E-state index contributed by atoms with van der Waals surface area (Å²) in [6.45, 7) is 0.408. The van der Waals surface area contributed by atoms with Gasteiger partial charge in [-0.3, -0.25) is 9.59 Å². The van der Waals surface area contributed by atoms with Gasteiger partial charge in [0.1, 0.15) is 24.1 Å². The van der Waals surface area contributed by atoms with Crippen LogP contribution >= 0.6 is 0 Å². The minimum Gasteiger partial charge on any atom is -0.489 e. The largest absolute Gasteiger partial charge is 0.489 e. The topological polar surface area (TPSA) is 108 Å². The molecule has 0 aliphatic heterocycles. The van der Waals surface area contributed by atoms with Gasteiger partial charge in [0.25, 0.3) is 5.91 Å². The van der Waals surface area contributed by atoms with E-state index >= 15 is 0 Å². The molecular formula is C27H26N2O5. The molecule has 1 unspecified atom stereocenters. The summed E-state index contributed by atoms with van der Waals surface area (Å²) >= 11 is 0. The lowest BCUT2D eigenvalue weighted by molar-refractivity contribution is -0.144. The van der Waals surface area contributed by atoms with E-state index in [9.17, 15) is 14.4 Å². The summed E-state index contributed by atoms with van der Waals surface area (Å²) in [6, 6.07) is 24.5. The molecular weight excluding hydrogens is 432 g/mol. The summed E-state index contributed by atoms with van der Waals surface area (Å²) in [5.74, 6) is -1.18. The Hall–Kier alpha value is -4.39. The molecule has 3 N–H and O–H groups in total. The molecule has 3 aromatic rings. The van der Waals surface area contributed by atoms with Gasteiger partial charge in [0, 0.05) is 18.1 Å². The van der Waals surface area contributed by atoms with Crippen molar-refractivity contribution in [3.63, 3.8) is 0 Å². The summed E-state index contributed by atoms with van der Waals surface area (Å²) in [6.07, 6.45) is 1.26. The second-order valence-electron chi connectivity index (χ2n) is 7.50. The summed E-state index contributed by atoms with van der Waals surface area (Å²) in [5, 5.41) is 2.54. The lowest BCUT2D eigenvalue weighted by atomic mass is 10.1. The second-order valence-corrected chi connectivity index (χ2v) is 7.50. The third-order valence-electron chi connectivity index (χ3n) is 5.01. The van der Waals surface area contributed by atoms with E-state index < -0.39 is 23.7 Å². The van der Waals surface area contributed by atoms with Crippen molar-refractivity contribution in [3.8, 4) is 5.75 Å². The van der Waals surface area contributed by atoms with Crippen LogP contribution in [0.25, 0.3) is 0 Å². The Balaban J connectivity index is 1.60. The highest BCUT2D eigenvalue weighted by molar-refractivity contribution is 6.09. The third-order valence-corrected chi connectivity index (χ3v) is 5.01. The van der Waals surface area contributed by atoms with Crippen LogP contribution in [0, 0.1) is 0 Å². The zero-order valence-corrected chi connectivity index (χ0v) is 18.8. The Morgan fingerprint density at radius 3 is 2.06 bits per heavy atom. The number of allylic oxidation sites excluding steroid dienone is 1. The lowest BCUT2D eigenvalue weighted by Gasteiger charge is -2.16. The highest BCUT2D eigenvalue weighted by Crippen LogP contribution is 2.15. The second kappa shape index (κ2) is 12.0. The minimum absolute atomic E-state index is 0.227. The Morgan fingerprint density at radius 1 is 0.882 bits per heavy atom. The van der Waals surface area contributed by atoms with Gasteiger partial charge in [-0.2, -0.15) is 0 Å². The molecule has 1 atom stereocenters. The normalized spacial score (nSPS) is 11.9. The molecule has 7 nitrogen and oxygen atoms in total. The molecule has 0 aliphatic carbocycles. The summed E-state index contributed by atoms with van der Waals surface area (Å²) in [7, 11) is 1.24. The number of carbonyl (C=O) groups is 3.